The molecule has 1 N–H and O–H groups in total. The summed E-state index contributed by atoms with van der Waals surface area (Å²) in [4.78, 5) is 28.2. The molecule has 0 bridgehead atoms. The molecular formula is C19H23N3O7S2. The third kappa shape index (κ3) is 6.00. The molecule has 10 nitrogen and oxygen atoms in total. The number of anilines is 1. The molecule has 12 heteroatoms. The van der Waals surface area contributed by atoms with Crippen molar-refractivity contribution in [1.29, 1.82) is 0 Å². The van der Waals surface area contributed by atoms with Crippen molar-refractivity contribution in [1.82, 2.24) is 9.29 Å². The molecule has 0 saturated carbocycles. The van der Waals surface area contributed by atoms with Crippen LogP contribution in [-0.4, -0.2) is 69.6 Å². The van der Waals surface area contributed by atoms with Gasteiger partial charge in [-0.2, -0.15) is 4.31 Å². The Bertz CT molecular complexity index is 1050. The Morgan fingerprint density at radius 1 is 1.29 bits per heavy atom. The molecule has 1 amide bonds. The Kier molecular flexibility index (Phi) is 7.59. The zero-order chi connectivity index (χ0) is 22.4. The van der Waals surface area contributed by atoms with Gasteiger partial charge in [-0.05, 0) is 25.1 Å². The van der Waals surface area contributed by atoms with Gasteiger partial charge in [0.25, 0.3) is 5.91 Å². The fourth-order valence-electron chi connectivity index (χ4n) is 2.91. The summed E-state index contributed by atoms with van der Waals surface area (Å²) in [5.41, 5.74) is 0.824. The lowest BCUT2D eigenvalue weighted by atomic mass is 10.3. The Balaban J connectivity index is 1.64. The van der Waals surface area contributed by atoms with Gasteiger partial charge >= 0.3 is 5.97 Å². The van der Waals surface area contributed by atoms with E-state index in [0.29, 0.717) is 18.9 Å². The van der Waals surface area contributed by atoms with Crippen LogP contribution in [0.25, 0.3) is 0 Å². The molecule has 0 radical (unpaired) electrons. The minimum absolute atomic E-state index is 0.0257. The fraction of sp³-hybridized carbons (Fsp3) is 0.421. The van der Waals surface area contributed by atoms with E-state index >= 15 is 0 Å². The Hall–Kier alpha value is -2.54. The molecule has 1 aromatic carbocycles. The molecule has 0 aliphatic carbocycles. The molecule has 0 spiro atoms. The standard InChI is InChI=1S/C19H23N3O7S2/c1-13-20-15(12-30-13)10-19(24)29-11-18(23)21-14-3-4-16(27-2)17(9-14)31(25,26)22-5-7-28-8-6-22/h3-4,9,12H,5-8,10-11H2,1-2H3,(H,21,23). The van der Waals surface area contributed by atoms with Gasteiger partial charge in [-0.15, -0.1) is 11.3 Å². The highest BCUT2D eigenvalue weighted by Crippen LogP contribution is 2.30. The molecule has 1 fully saturated rings. The van der Waals surface area contributed by atoms with Crippen LogP contribution in [0.4, 0.5) is 5.69 Å². The van der Waals surface area contributed by atoms with Crippen molar-refractivity contribution < 1.29 is 32.2 Å². The zero-order valence-corrected chi connectivity index (χ0v) is 18.8. The van der Waals surface area contributed by atoms with Crippen LogP contribution in [0.1, 0.15) is 10.7 Å². The fourth-order valence-corrected chi connectivity index (χ4v) is 5.12. The van der Waals surface area contributed by atoms with Gasteiger partial charge in [0.15, 0.2) is 6.61 Å². The molecule has 0 atom stereocenters. The summed E-state index contributed by atoms with van der Waals surface area (Å²) < 4.78 is 42.7. The number of esters is 1. The van der Waals surface area contributed by atoms with Gasteiger partial charge in [0.05, 0.1) is 37.4 Å². The molecule has 1 aromatic heterocycles. The number of nitrogens with one attached hydrogen (secondary N) is 1. The first kappa shape index (κ1) is 23.1. The summed E-state index contributed by atoms with van der Waals surface area (Å²) in [5.74, 6) is -1.01. The van der Waals surface area contributed by atoms with E-state index in [1.54, 1.807) is 5.38 Å². The number of hydrogen-bond donors (Lipinski definition) is 1. The average molecular weight is 470 g/mol. The smallest absolute Gasteiger partial charge is 0.312 e. The number of benzene rings is 1. The number of hydrogen-bond acceptors (Lipinski definition) is 9. The largest absolute Gasteiger partial charge is 0.495 e. The van der Waals surface area contributed by atoms with E-state index in [-0.39, 0.29) is 35.8 Å². The van der Waals surface area contributed by atoms with Crippen LogP contribution in [0.15, 0.2) is 28.5 Å². The second-order valence-corrected chi connectivity index (χ2v) is 9.59. The van der Waals surface area contributed by atoms with Crippen molar-refractivity contribution in [2.45, 2.75) is 18.2 Å². The predicted molar refractivity (Wildman–Crippen MR) is 113 cm³/mol. The molecule has 2 heterocycles. The van der Waals surface area contributed by atoms with Gasteiger partial charge in [0, 0.05) is 24.2 Å². The lowest BCUT2D eigenvalue weighted by molar-refractivity contribution is -0.146. The van der Waals surface area contributed by atoms with E-state index in [1.165, 1.54) is 41.0 Å². The number of morpholine rings is 1. The lowest BCUT2D eigenvalue weighted by Gasteiger charge is -2.26. The van der Waals surface area contributed by atoms with E-state index in [0.717, 1.165) is 5.01 Å². The van der Waals surface area contributed by atoms with E-state index in [4.69, 9.17) is 14.2 Å². The highest BCUT2D eigenvalue weighted by molar-refractivity contribution is 7.89. The third-order valence-electron chi connectivity index (χ3n) is 4.39. The van der Waals surface area contributed by atoms with Crippen LogP contribution in [0.5, 0.6) is 5.75 Å². The van der Waals surface area contributed by atoms with Crippen LogP contribution in [0.2, 0.25) is 0 Å². The summed E-state index contributed by atoms with van der Waals surface area (Å²) >= 11 is 1.42. The number of methoxy groups -OCH3 is 1. The predicted octanol–water partition coefficient (Wildman–Crippen LogP) is 1.21. The van der Waals surface area contributed by atoms with Crippen molar-refractivity contribution in [3.05, 3.63) is 34.3 Å². The number of amides is 1. The summed E-state index contributed by atoms with van der Waals surface area (Å²) in [7, 11) is -2.47. The molecule has 1 saturated heterocycles. The first-order valence-corrected chi connectivity index (χ1v) is 11.7. The summed E-state index contributed by atoms with van der Waals surface area (Å²) in [6.45, 7) is 2.41. The molecule has 31 heavy (non-hydrogen) atoms. The number of aryl methyl sites for hydroxylation is 1. The van der Waals surface area contributed by atoms with Gasteiger partial charge in [0.1, 0.15) is 10.6 Å². The minimum Gasteiger partial charge on any atom is -0.495 e. The van der Waals surface area contributed by atoms with Crippen LogP contribution in [0.3, 0.4) is 0 Å². The Labute approximate surface area is 184 Å². The number of carbonyl (C=O) groups is 2. The van der Waals surface area contributed by atoms with Gasteiger partial charge < -0.3 is 19.5 Å². The average Bonchev–Trinajstić information content (AvgIpc) is 3.17. The van der Waals surface area contributed by atoms with Crippen molar-refractivity contribution in [2.75, 3.05) is 45.3 Å². The minimum atomic E-state index is -3.84. The van der Waals surface area contributed by atoms with Gasteiger partial charge in [-0.1, -0.05) is 0 Å². The summed E-state index contributed by atoms with van der Waals surface area (Å²) in [6, 6.07) is 4.29. The number of sulfonamides is 1. The van der Waals surface area contributed by atoms with Gasteiger partial charge in [0.2, 0.25) is 10.0 Å². The first-order valence-electron chi connectivity index (χ1n) is 9.42. The van der Waals surface area contributed by atoms with Crippen molar-refractivity contribution in [2.24, 2.45) is 0 Å². The molecule has 2 aromatic rings. The number of ether oxygens (including phenoxy) is 3. The quantitative estimate of drug-likeness (QED) is 0.572. The lowest BCUT2D eigenvalue weighted by Crippen LogP contribution is -2.40. The molecule has 3 rings (SSSR count). The summed E-state index contributed by atoms with van der Waals surface area (Å²) in [6.07, 6.45) is -0.0257. The first-order chi connectivity index (χ1) is 14.8. The highest BCUT2D eigenvalue weighted by atomic mass is 32.2. The van der Waals surface area contributed by atoms with Crippen molar-refractivity contribution >= 4 is 38.9 Å². The van der Waals surface area contributed by atoms with E-state index in [9.17, 15) is 18.0 Å². The molecule has 0 unspecified atom stereocenters. The number of aromatic nitrogens is 1. The second-order valence-electron chi connectivity index (χ2n) is 6.63. The Morgan fingerprint density at radius 2 is 2.03 bits per heavy atom. The monoisotopic (exact) mass is 469 g/mol. The number of thiazole rings is 1. The van der Waals surface area contributed by atoms with E-state index < -0.39 is 28.5 Å². The maximum Gasteiger partial charge on any atom is 0.312 e. The van der Waals surface area contributed by atoms with Crippen molar-refractivity contribution in [3.8, 4) is 5.75 Å². The SMILES string of the molecule is COc1ccc(NC(=O)COC(=O)Cc2csc(C)n2)cc1S(=O)(=O)N1CCOCC1. The zero-order valence-electron chi connectivity index (χ0n) is 17.1. The summed E-state index contributed by atoms with van der Waals surface area (Å²) in [5, 5.41) is 5.13. The number of carbonyl (C=O) groups excluding carboxylic acids is 2. The highest BCUT2D eigenvalue weighted by Gasteiger charge is 2.29. The van der Waals surface area contributed by atoms with Crippen LogP contribution in [0, 0.1) is 6.92 Å². The van der Waals surface area contributed by atoms with E-state index in [1.807, 2.05) is 6.92 Å². The maximum atomic E-state index is 13.0. The molecule has 1 aliphatic rings. The van der Waals surface area contributed by atoms with Crippen LogP contribution in [-0.2, 0) is 35.5 Å². The topological polar surface area (TPSA) is 124 Å². The number of rotatable bonds is 8. The second kappa shape index (κ2) is 10.2. The third-order valence-corrected chi connectivity index (χ3v) is 7.13. The maximum absolute atomic E-state index is 13.0. The molecule has 1 aliphatic heterocycles. The molecule has 168 valence electrons. The van der Waals surface area contributed by atoms with E-state index in [2.05, 4.69) is 10.3 Å². The molecular weight excluding hydrogens is 446 g/mol. The van der Waals surface area contributed by atoms with Crippen LogP contribution >= 0.6 is 11.3 Å². The normalized spacial score (nSPS) is 14.8. The van der Waals surface area contributed by atoms with Gasteiger partial charge in [-0.25, -0.2) is 13.4 Å². The number of nitrogens with zero attached hydrogens (tertiary/aromatic N) is 2. The van der Waals surface area contributed by atoms with Gasteiger partial charge in [-0.3, -0.25) is 9.59 Å². The van der Waals surface area contributed by atoms with Crippen LogP contribution < -0.4 is 10.1 Å². The Morgan fingerprint density at radius 3 is 2.68 bits per heavy atom. The van der Waals surface area contributed by atoms with Crippen molar-refractivity contribution in [3.63, 3.8) is 0 Å².